The zero-order valence-corrected chi connectivity index (χ0v) is 11.3. The zero-order valence-electron chi connectivity index (χ0n) is 10.5. The van der Waals surface area contributed by atoms with Gasteiger partial charge in [-0.1, -0.05) is 13.0 Å². The van der Waals surface area contributed by atoms with Crippen LogP contribution in [0, 0.1) is 12.7 Å². The lowest BCUT2D eigenvalue weighted by atomic mass is 10.1. The normalized spacial score (nSPS) is 10.6. The number of aryl methyl sites for hydroxylation is 2. The topological polar surface area (TPSA) is 17.1 Å². The van der Waals surface area contributed by atoms with E-state index in [4.69, 9.17) is 0 Å². The SMILES string of the molecule is CCc1ccc(CC(=O)c2ccc(C)cc2F)s1. The van der Waals surface area contributed by atoms with Crippen molar-refractivity contribution in [2.45, 2.75) is 26.7 Å². The minimum Gasteiger partial charge on any atom is -0.294 e. The molecule has 94 valence electrons. The molecule has 1 heterocycles. The Balaban J connectivity index is 2.16. The predicted molar refractivity (Wildman–Crippen MR) is 72.9 cm³/mol. The number of hydrogen-bond donors (Lipinski definition) is 0. The van der Waals surface area contributed by atoms with E-state index in [1.165, 1.54) is 10.9 Å². The van der Waals surface area contributed by atoms with Gasteiger partial charge in [0.05, 0.1) is 5.56 Å². The maximum Gasteiger partial charge on any atom is 0.170 e. The summed E-state index contributed by atoms with van der Waals surface area (Å²) in [6.07, 6.45) is 1.25. The van der Waals surface area contributed by atoms with Crippen LogP contribution in [-0.2, 0) is 12.8 Å². The summed E-state index contributed by atoms with van der Waals surface area (Å²) >= 11 is 1.62. The fourth-order valence-corrected chi connectivity index (χ4v) is 2.76. The van der Waals surface area contributed by atoms with Crippen LogP contribution in [0.1, 0.15) is 32.6 Å². The molecular formula is C15H15FOS. The highest BCUT2D eigenvalue weighted by atomic mass is 32.1. The fourth-order valence-electron chi connectivity index (χ4n) is 1.81. The number of carbonyl (C=O) groups excluding carboxylic acids is 1. The molecule has 3 heteroatoms. The average molecular weight is 262 g/mol. The minimum absolute atomic E-state index is 0.156. The second-order valence-corrected chi connectivity index (χ2v) is 5.56. The lowest BCUT2D eigenvalue weighted by molar-refractivity contribution is 0.0990. The highest BCUT2D eigenvalue weighted by Gasteiger charge is 2.13. The molecule has 0 unspecified atom stereocenters. The second-order valence-electron chi connectivity index (χ2n) is 4.30. The fraction of sp³-hybridized carbons (Fsp3) is 0.267. The standard InChI is InChI=1S/C15H15FOS/c1-3-11-5-6-12(18-11)9-15(17)13-7-4-10(2)8-14(13)16/h4-8H,3,9H2,1-2H3. The van der Waals surface area contributed by atoms with Crippen LogP contribution in [0.15, 0.2) is 30.3 Å². The van der Waals surface area contributed by atoms with Crippen molar-refractivity contribution < 1.29 is 9.18 Å². The molecule has 0 N–H and O–H groups in total. The van der Waals surface area contributed by atoms with Gasteiger partial charge in [0.15, 0.2) is 5.78 Å². The molecule has 0 amide bonds. The van der Waals surface area contributed by atoms with E-state index in [0.717, 1.165) is 16.9 Å². The molecular weight excluding hydrogens is 247 g/mol. The molecule has 1 nitrogen and oxygen atoms in total. The molecule has 1 aromatic heterocycles. The molecule has 1 aromatic carbocycles. The molecule has 18 heavy (non-hydrogen) atoms. The van der Waals surface area contributed by atoms with Crippen LogP contribution < -0.4 is 0 Å². The maximum atomic E-state index is 13.7. The van der Waals surface area contributed by atoms with Gasteiger partial charge in [0.1, 0.15) is 5.82 Å². The first kappa shape index (κ1) is 13.0. The molecule has 0 aliphatic heterocycles. The summed E-state index contributed by atoms with van der Waals surface area (Å²) < 4.78 is 13.7. The monoisotopic (exact) mass is 262 g/mol. The molecule has 0 saturated carbocycles. The van der Waals surface area contributed by atoms with Crippen LogP contribution in [-0.4, -0.2) is 5.78 Å². The van der Waals surface area contributed by atoms with Gasteiger partial charge in [-0.25, -0.2) is 4.39 Å². The van der Waals surface area contributed by atoms with Crippen LogP contribution in [0.4, 0.5) is 4.39 Å². The quantitative estimate of drug-likeness (QED) is 0.755. The first-order valence-corrected chi connectivity index (χ1v) is 6.78. The Bertz CT molecular complexity index is 572. The summed E-state index contributed by atoms with van der Waals surface area (Å²) in [5, 5.41) is 0. The Kier molecular flexibility index (Phi) is 3.92. The number of benzene rings is 1. The number of carbonyl (C=O) groups is 1. The van der Waals surface area contributed by atoms with E-state index in [-0.39, 0.29) is 17.8 Å². The van der Waals surface area contributed by atoms with Crippen molar-refractivity contribution in [2.24, 2.45) is 0 Å². The summed E-state index contributed by atoms with van der Waals surface area (Å²) in [6, 6.07) is 8.72. The van der Waals surface area contributed by atoms with Crippen molar-refractivity contribution in [2.75, 3.05) is 0 Å². The van der Waals surface area contributed by atoms with Gasteiger partial charge in [-0.3, -0.25) is 4.79 Å². The Morgan fingerprint density at radius 3 is 2.56 bits per heavy atom. The molecule has 0 fully saturated rings. The van der Waals surface area contributed by atoms with Gasteiger partial charge in [-0.15, -0.1) is 11.3 Å². The minimum atomic E-state index is -0.424. The summed E-state index contributed by atoms with van der Waals surface area (Å²) in [5.74, 6) is -0.579. The second kappa shape index (κ2) is 5.44. The van der Waals surface area contributed by atoms with E-state index in [9.17, 15) is 9.18 Å². The number of thiophene rings is 1. The molecule has 0 radical (unpaired) electrons. The molecule has 0 aliphatic carbocycles. The molecule has 0 bridgehead atoms. The third-order valence-corrected chi connectivity index (χ3v) is 4.06. The van der Waals surface area contributed by atoms with Crippen molar-refractivity contribution in [1.82, 2.24) is 0 Å². The van der Waals surface area contributed by atoms with Gasteiger partial charge >= 0.3 is 0 Å². The van der Waals surface area contributed by atoms with Crippen molar-refractivity contribution in [3.63, 3.8) is 0 Å². The van der Waals surface area contributed by atoms with E-state index in [0.29, 0.717) is 0 Å². The van der Waals surface area contributed by atoms with Crippen LogP contribution >= 0.6 is 11.3 Å². The van der Waals surface area contributed by atoms with Gasteiger partial charge in [0.25, 0.3) is 0 Å². The molecule has 2 aromatic rings. The van der Waals surface area contributed by atoms with Crippen LogP contribution in [0.25, 0.3) is 0 Å². The Hall–Kier alpha value is -1.48. The van der Waals surface area contributed by atoms with Gasteiger partial charge in [0.2, 0.25) is 0 Å². The Labute approximate surface area is 110 Å². The van der Waals surface area contributed by atoms with E-state index < -0.39 is 5.82 Å². The van der Waals surface area contributed by atoms with Crippen LogP contribution in [0.5, 0.6) is 0 Å². The third-order valence-electron chi connectivity index (χ3n) is 2.83. The summed E-state index contributed by atoms with van der Waals surface area (Å²) in [5.41, 5.74) is 1.01. The molecule has 2 rings (SSSR count). The molecule has 0 spiro atoms. The molecule has 0 saturated heterocycles. The largest absolute Gasteiger partial charge is 0.294 e. The third kappa shape index (κ3) is 2.85. The summed E-state index contributed by atoms with van der Waals surface area (Å²) in [7, 11) is 0. The molecule has 0 aliphatic rings. The van der Waals surface area contributed by atoms with E-state index in [1.54, 1.807) is 23.5 Å². The van der Waals surface area contributed by atoms with Crippen molar-refractivity contribution >= 4 is 17.1 Å². The van der Waals surface area contributed by atoms with Crippen molar-refractivity contribution in [3.05, 3.63) is 57.0 Å². The van der Waals surface area contributed by atoms with Crippen LogP contribution in [0.2, 0.25) is 0 Å². The summed E-state index contributed by atoms with van der Waals surface area (Å²) in [6.45, 7) is 3.89. The lowest BCUT2D eigenvalue weighted by Gasteiger charge is -2.02. The van der Waals surface area contributed by atoms with E-state index in [1.807, 2.05) is 19.1 Å². The Morgan fingerprint density at radius 2 is 1.94 bits per heavy atom. The van der Waals surface area contributed by atoms with Crippen molar-refractivity contribution in [1.29, 1.82) is 0 Å². The lowest BCUT2D eigenvalue weighted by Crippen LogP contribution is -2.05. The zero-order chi connectivity index (χ0) is 13.1. The summed E-state index contributed by atoms with van der Waals surface area (Å²) in [4.78, 5) is 14.3. The van der Waals surface area contributed by atoms with E-state index >= 15 is 0 Å². The number of Topliss-reactive ketones (excluding diaryl/α,β-unsaturated/α-hetero) is 1. The highest BCUT2D eigenvalue weighted by molar-refractivity contribution is 7.12. The number of halogens is 1. The van der Waals surface area contributed by atoms with Gasteiger partial charge in [0, 0.05) is 16.2 Å². The van der Waals surface area contributed by atoms with Gasteiger partial charge in [-0.2, -0.15) is 0 Å². The van der Waals surface area contributed by atoms with Crippen molar-refractivity contribution in [3.8, 4) is 0 Å². The average Bonchev–Trinajstić information content (AvgIpc) is 2.76. The Morgan fingerprint density at radius 1 is 1.22 bits per heavy atom. The molecule has 0 atom stereocenters. The van der Waals surface area contributed by atoms with Gasteiger partial charge < -0.3 is 0 Å². The van der Waals surface area contributed by atoms with Crippen LogP contribution in [0.3, 0.4) is 0 Å². The smallest absolute Gasteiger partial charge is 0.170 e. The highest BCUT2D eigenvalue weighted by Crippen LogP contribution is 2.20. The predicted octanol–water partition coefficient (Wildman–Crippen LogP) is 4.18. The maximum absolute atomic E-state index is 13.7. The number of rotatable bonds is 4. The van der Waals surface area contributed by atoms with E-state index in [2.05, 4.69) is 6.92 Å². The van der Waals surface area contributed by atoms with Gasteiger partial charge in [-0.05, 0) is 43.2 Å². The number of hydrogen-bond acceptors (Lipinski definition) is 2. The first-order valence-electron chi connectivity index (χ1n) is 5.97. The number of ketones is 1. The first-order chi connectivity index (χ1) is 8.60.